The molecule has 2 rings (SSSR count). The highest BCUT2D eigenvalue weighted by atomic mass is 14.9. The van der Waals surface area contributed by atoms with E-state index in [1.54, 1.807) is 0 Å². The summed E-state index contributed by atoms with van der Waals surface area (Å²) in [7, 11) is 2.08. The Kier molecular flexibility index (Phi) is 1.48. The molecule has 0 aromatic heterocycles. The third-order valence-electron chi connectivity index (χ3n) is 3.51. The first-order chi connectivity index (χ1) is 4.84. The summed E-state index contributed by atoms with van der Waals surface area (Å²) in [5.41, 5.74) is 0. The molecule has 0 aliphatic heterocycles. The van der Waals surface area contributed by atoms with Gasteiger partial charge in [-0.15, -0.1) is 0 Å². The first-order valence-corrected chi connectivity index (χ1v) is 4.52. The standard InChI is InChI=1S/C9H17N/c1-6(10-2)9-7-4-3-5-8(7)9/h6-10H,3-5H2,1-2H3. The van der Waals surface area contributed by atoms with Crippen LogP contribution in [0.25, 0.3) is 0 Å². The van der Waals surface area contributed by atoms with Crippen molar-refractivity contribution < 1.29 is 0 Å². The molecule has 3 atom stereocenters. The molecule has 2 aliphatic rings. The van der Waals surface area contributed by atoms with Crippen LogP contribution in [0.4, 0.5) is 0 Å². The molecule has 1 heteroatoms. The maximum atomic E-state index is 3.36. The molecule has 0 amide bonds. The summed E-state index contributed by atoms with van der Waals surface area (Å²) in [5.74, 6) is 3.27. The van der Waals surface area contributed by atoms with Gasteiger partial charge >= 0.3 is 0 Å². The van der Waals surface area contributed by atoms with Crippen molar-refractivity contribution in [2.45, 2.75) is 32.2 Å². The molecule has 0 aromatic rings. The van der Waals surface area contributed by atoms with Crippen LogP contribution in [0.3, 0.4) is 0 Å². The second kappa shape index (κ2) is 2.23. The van der Waals surface area contributed by atoms with Crippen LogP contribution in [-0.4, -0.2) is 13.1 Å². The Morgan fingerprint density at radius 1 is 1.30 bits per heavy atom. The summed E-state index contributed by atoms with van der Waals surface area (Å²) in [6.07, 6.45) is 4.53. The van der Waals surface area contributed by atoms with Crippen LogP contribution in [0.1, 0.15) is 26.2 Å². The monoisotopic (exact) mass is 139 g/mol. The zero-order valence-corrected chi connectivity index (χ0v) is 6.93. The van der Waals surface area contributed by atoms with Crippen LogP contribution < -0.4 is 5.32 Å². The van der Waals surface area contributed by atoms with Gasteiger partial charge in [0, 0.05) is 6.04 Å². The van der Waals surface area contributed by atoms with E-state index in [4.69, 9.17) is 0 Å². The lowest BCUT2D eigenvalue weighted by molar-refractivity contribution is 0.458. The smallest absolute Gasteiger partial charge is 0.00695 e. The largest absolute Gasteiger partial charge is 0.317 e. The quantitative estimate of drug-likeness (QED) is 0.613. The van der Waals surface area contributed by atoms with Gasteiger partial charge in [0.25, 0.3) is 0 Å². The zero-order valence-electron chi connectivity index (χ0n) is 6.93. The van der Waals surface area contributed by atoms with E-state index >= 15 is 0 Å². The van der Waals surface area contributed by atoms with Crippen molar-refractivity contribution in [3.05, 3.63) is 0 Å². The van der Waals surface area contributed by atoms with Crippen LogP contribution in [0, 0.1) is 17.8 Å². The van der Waals surface area contributed by atoms with Gasteiger partial charge in [-0.1, -0.05) is 6.42 Å². The molecular weight excluding hydrogens is 122 g/mol. The number of hydrogen-bond donors (Lipinski definition) is 1. The lowest BCUT2D eigenvalue weighted by atomic mass is 10.1. The van der Waals surface area contributed by atoms with Crippen molar-refractivity contribution in [1.29, 1.82) is 0 Å². The van der Waals surface area contributed by atoms with Crippen molar-refractivity contribution >= 4 is 0 Å². The van der Waals surface area contributed by atoms with Gasteiger partial charge in [-0.05, 0) is 44.6 Å². The molecule has 0 radical (unpaired) electrons. The van der Waals surface area contributed by atoms with Crippen LogP contribution in [0.15, 0.2) is 0 Å². The summed E-state index contributed by atoms with van der Waals surface area (Å²) in [4.78, 5) is 0. The van der Waals surface area contributed by atoms with E-state index < -0.39 is 0 Å². The van der Waals surface area contributed by atoms with Crippen LogP contribution in [0.2, 0.25) is 0 Å². The highest BCUT2D eigenvalue weighted by molar-refractivity contribution is 5.04. The van der Waals surface area contributed by atoms with Gasteiger partial charge in [-0.3, -0.25) is 0 Å². The van der Waals surface area contributed by atoms with E-state index in [0.29, 0.717) is 0 Å². The van der Waals surface area contributed by atoms with Gasteiger partial charge in [-0.25, -0.2) is 0 Å². The van der Waals surface area contributed by atoms with E-state index in [-0.39, 0.29) is 0 Å². The summed E-state index contributed by atoms with van der Waals surface area (Å²) >= 11 is 0. The fourth-order valence-corrected chi connectivity index (χ4v) is 2.81. The van der Waals surface area contributed by atoms with Gasteiger partial charge in [-0.2, -0.15) is 0 Å². The maximum absolute atomic E-state index is 3.36. The minimum Gasteiger partial charge on any atom is -0.317 e. The van der Waals surface area contributed by atoms with Crippen molar-refractivity contribution in [3.8, 4) is 0 Å². The molecule has 1 nitrogen and oxygen atoms in total. The van der Waals surface area contributed by atoms with Gasteiger partial charge in [0.05, 0.1) is 0 Å². The van der Waals surface area contributed by atoms with Crippen molar-refractivity contribution in [1.82, 2.24) is 5.32 Å². The third-order valence-corrected chi connectivity index (χ3v) is 3.51. The minimum absolute atomic E-state index is 0.773. The molecule has 1 N–H and O–H groups in total. The second-order valence-electron chi connectivity index (χ2n) is 3.91. The minimum atomic E-state index is 0.773. The molecule has 0 spiro atoms. The summed E-state index contributed by atoms with van der Waals surface area (Å²) in [5, 5.41) is 3.36. The first kappa shape index (κ1) is 6.66. The topological polar surface area (TPSA) is 12.0 Å². The second-order valence-corrected chi connectivity index (χ2v) is 3.91. The van der Waals surface area contributed by atoms with E-state index in [1.807, 2.05) is 0 Å². The average molecular weight is 139 g/mol. The van der Waals surface area contributed by atoms with E-state index in [0.717, 1.165) is 23.8 Å². The Balaban J connectivity index is 1.88. The zero-order chi connectivity index (χ0) is 7.14. The van der Waals surface area contributed by atoms with Crippen molar-refractivity contribution in [2.24, 2.45) is 17.8 Å². The Morgan fingerprint density at radius 3 is 2.40 bits per heavy atom. The summed E-state index contributed by atoms with van der Waals surface area (Å²) < 4.78 is 0. The Bertz CT molecular complexity index is 120. The highest BCUT2D eigenvalue weighted by Crippen LogP contribution is 2.58. The van der Waals surface area contributed by atoms with Gasteiger partial charge in [0.2, 0.25) is 0 Å². The Hall–Kier alpha value is -0.0400. The fourth-order valence-electron chi connectivity index (χ4n) is 2.81. The summed E-state index contributed by atoms with van der Waals surface area (Å²) in [6, 6.07) is 0.773. The Morgan fingerprint density at radius 2 is 1.90 bits per heavy atom. The molecule has 0 aromatic carbocycles. The van der Waals surface area contributed by atoms with E-state index in [1.165, 1.54) is 19.3 Å². The Labute approximate surface area is 63.2 Å². The van der Waals surface area contributed by atoms with Crippen LogP contribution in [-0.2, 0) is 0 Å². The molecule has 0 saturated heterocycles. The first-order valence-electron chi connectivity index (χ1n) is 4.52. The van der Waals surface area contributed by atoms with Crippen LogP contribution in [0.5, 0.6) is 0 Å². The molecule has 0 bridgehead atoms. The van der Waals surface area contributed by atoms with E-state index in [2.05, 4.69) is 19.3 Å². The molecule has 58 valence electrons. The molecule has 0 heterocycles. The molecule has 2 aliphatic carbocycles. The average Bonchev–Trinajstić information content (AvgIpc) is 2.43. The third kappa shape index (κ3) is 0.800. The molecule has 2 saturated carbocycles. The SMILES string of the molecule is CNC(C)C1C2CCCC21. The predicted molar refractivity (Wildman–Crippen MR) is 42.8 cm³/mol. The van der Waals surface area contributed by atoms with E-state index in [9.17, 15) is 0 Å². The molecule has 3 unspecified atom stereocenters. The number of rotatable bonds is 2. The predicted octanol–water partition coefficient (Wildman–Crippen LogP) is 1.64. The van der Waals surface area contributed by atoms with Gasteiger partial charge in [0.1, 0.15) is 0 Å². The van der Waals surface area contributed by atoms with Gasteiger partial charge in [0.15, 0.2) is 0 Å². The number of fused-ring (bicyclic) bond motifs is 1. The lowest BCUT2D eigenvalue weighted by Crippen LogP contribution is -2.25. The number of nitrogens with one attached hydrogen (secondary N) is 1. The fraction of sp³-hybridized carbons (Fsp3) is 1.00. The highest BCUT2D eigenvalue weighted by Gasteiger charge is 2.54. The van der Waals surface area contributed by atoms with Gasteiger partial charge < -0.3 is 5.32 Å². The normalized spacial score (nSPS) is 46.8. The number of hydrogen-bond acceptors (Lipinski definition) is 1. The molecule has 10 heavy (non-hydrogen) atoms. The maximum Gasteiger partial charge on any atom is 0.00695 e. The lowest BCUT2D eigenvalue weighted by Gasteiger charge is -2.11. The van der Waals surface area contributed by atoms with Crippen molar-refractivity contribution in [2.75, 3.05) is 7.05 Å². The molecule has 2 fully saturated rings. The van der Waals surface area contributed by atoms with Crippen molar-refractivity contribution in [3.63, 3.8) is 0 Å². The molecular formula is C9H17N. The van der Waals surface area contributed by atoms with Crippen LogP contribution >= 0.6 is 0 Å². The summed E-state index contributed by atoms with van der Waals surface area (Å²) in [6.45, 7) is 2.32.